The Kier molecular flexibility index (Phi) is 5.34. The fourth-order valence-electron chi connectivity index (χ4n) is 2.60. The topological polar surface area (TPSA) is 75.7 Å². The third-order valence-electron chi connectivity index (χ3n) is 3.86. The minimum atomic E-state index is -4.50. The van der Waals surface area contributed by atoms with Crippen LogP contribution in [0.5, 0.6) is 0 Å². The normalized spacial score (nSPS) is 17.6. The smallest absolute Gasteiger partial charge is 0.406 e. The van der Waals surface area contributed by atoms with Crippen LogP contribution in [0.25, 0.3) is 0 Å². The van der Waals surface area contributed by atoms with Crippen molar-refractivity contribution in [3.05, 3.63) is 29.3 Å². The molecular formula is C16H17F3N2O4. The van der Waals surface area contributed by atoms with Crippen molar-refractivity contribution in [3.8, 4) is 0 Å². The van der Waals surface area contributed by atoms with E-state index in [2.05, 4.69) is 10.1 Å². The van der Waals surface area contributed by atoms with E-state index in [1.54, 1.807) is 6.92 Å². The standard InChI is InChI=1S/C16H17F3N2O4/c1-9-5-10(15(24)25-2)3-4-12(9)20-14(23)11-6-13(22)21(7-11)8-16(17,18)19/h3-5,11H,6-8H2,1-2H3,(H,20,23). The van der Waals surface area contributed by atoms with Gasteiger partial charge in [-0.05, 0) is 30.7 Å². The molecule has 6 nitrogen and oxygen atoms in total. The molecule has 1 aromatic carbocycles. The van der Waals surface area contributed by atoms with Gasteiger partial charge in [-0.1, -0.05) is 0 Å². The number of carbonyl (C=O) groups excluding carboxylic acids is 3. The van der Waals surface area contributed by atoms with Gasteiger partial charge in [-0.25, -0.2) is 4.79 Å². The first-order chi connectivity index (χ1) is 11.6. The van der Waals surface area contributed by atoms with Gasteiger partial charge in [-0.3, -0.25) is 9.59 Å². The number of halogens is 3. The van der Waals surface area contributed by atoms with Crippen LogP contribution in [-0.2, 0) is 14.3 Å². The molecule has 2 rings (SSSR count). The molecule has 2 amide bonds. The van der Waals surface area contributed by atoms with Gasteiger partial charge in [0, 0.05) is 18.7 Å². The maximum absolute atomic E-state index is 12.4. The van der Waals surface area contributed by atoms with Crippen LogP contribution in [0.1, 0.15) is 22.3 Å². The summed E-state index contributed by atoms with van der Waals surface area (Å²) in [5.41, 5.74) is 1.32. The molecule has 0 bridgehead atoms. The van der Waals surface area contributed by atoms with E-state index in [4.69, 9.17) is 0 Å². The van der Waals surface area contributed by atoms with Crippen molar-refractivity contribution in [2.75, 3.05) is 25.5 Å². The van der Waals surface area contributed by atoms with Crippen molar-refractivity contribution >= 4 is 23.5 Å². The molecule has 1 atom stereocenters. The molecule has 1 aliphatic rings. The summed E-state index contributed by atoms with van der Waals surface area (Å²) in [4.78, 5) is 36.0. The Hall–Kier alpha value is -2.58. The average molecular weight is 358 g/mol. The van der Waals surface area contributed by atoms with Gasteiger partial charge >= 0.3 is 12.1 Å². The fraction of sp³-hybridized carbons (Fsp3) is 0.438. The highest BCUT2D eigenvalue weighted by Gasteiger charge is 2.40. The van der Waals surface area contributed by atoms with E-state index in [1.165, 1.54) is 25.3 Å². The number of methoxy groups -OCH3 is 1. The van der Waals surface area contributed by atoms with Crippen molar-refractivity contribution < 1.29 is 32.3 Å². The number of rotatable bonds is 4. The highest BCUT2D eigenvalue weighted by atomic mass is 19.4. The first kappa shape index (κ1) is 18.8. The predicted molar refractivity (Wildman–Crippen MR) is 81.9 cm³/mol. The van der Waals surface area contributed by atoms with E-state index >= 15 is 0 Å². The molecule has 0 spiro atoms. The van der Waals surface area contributed by atoms with E-state index in [-0.39, 0.29) is 13.0 Å². The monoisotopic (exact) mass is 358 g/mol. The SMILES string of the molecule is COC(=O)c1ccc(NC(=O)C2CC(=O)N(CC(F)(F)F)C2)c(C)c1. The largest absolute Gasteiger partial charge is 0.465 e. The van der Waals surface area contributed by atoms with Crippen LogP contribution in [0.2, 0.25) is 0 Å². The van der Waals surface area contributed by atoms with Gasteiger partial charge < -0.3 is 15.0 Å². The maximum Gasteiger partial charge on any atom is 0.406 e. The molecule has 1 unspecified atom stereocenters. The summed E-state index contributed by atoms with van der Waals surface area (Å²) in [6.45, 7) is 0.0315. The van der Waals surface area contributed by atoms with Crippen molar-refractivity contribution in [2.45, 2.75) is 19.5 Å². The lowest BCUT2D eigenvalue weighted by Gasteiger charge is -2.18. The van der Waals surface area contributed by atoms with Crippen molar-refractivity contribution in [1.82, 2.24) is 4.90 Å². The molecule has 1 heterocycles. The number of hydrogen-bond donors (Lipinski definition) is 1. The molecule has 0 aliphatic carbocycles. The number of benzene rings is 1. The van der Waals surface area contributed by atoms with Gasteiger partial charge in [0.2, 0.25) is 11.8 Å². The van der Waals surface area contributed by atoms with Gasteiger partial charge in [0.25, 0.3) is 0 Å². The van der Waals surface area contributed by atoms with Crippen LogP contribution in [0, 0.1) is 12.8 Å². The Morgan fingerprint density at radius 3 is 2.60 bits per heavy atom. The minimum Gasteiger partial charge on any atom is -0.465 e. The summed E-state index contributed by atoms with van der Waals surface area (Å²) >= 11 is 0. The quantitative estimate of drug-likeness (QED) is 0.837. The van der Waals surface area contributed by atoms with Gasteiger partial charge in [0.15, 0.2) is 0 Å². The molecule has 0 saturated carbocycles. The average Bonchev–Trinajstić information content (AvgIpc) is 2.87. The molecule has 136 valence electrons. The number of esters is 1. The van der Waals surface area contributed by atoms with E-state index in [1.807, 2.05) is 0 Å². The zero-order chi connectivity index (χ0) is 18.8. The Balaban J connectivity index is 2.03. The van der Waals surface area contributed by atoms with E-state index in [0.29, 0.717) is 21.7 Å². The molecule has 0 radical (unpaired) electrons. The highest BCUT2D eigenvalue weighted by molar-refractivity contribution is 5.98. The number of amides is 2. The second-order valence-corrected chi connectivity index (χ2v) is 5.80. The van der Waals surface area contributed by atoms with Gasteiger partial charge in [-0.15, -0.1) is 0 Å². The third-order valence-corrected chi connectivity index (χ3v) is 3.86. The number of anilines is 1. The van der Waals surface area contributed by atoms with Gasteiger partial charge in [-0.2, -0.15) is 13.2 Å². The Labute approximate surface area is 141 Å². The number of likely N-dealkylation sites (tertiary alicyclic amines) is 1. The molecule has 1 N–H and O–H groups in total. The van der Waals surface area contributed by atoms with Crippen LogP contribution in [0.3, 0.4) is 0 Å². The minimum absolute atomic E-state index is 0.263. The van der Waals surface area contributed by atoms with Gasteiger partial charge in [0.1, 0.15) is 6.54 Å². The number of ether oxygens (including phenoxy) is 1. The second kappa shape index (κ2) is 7.12. The maximum atomic E-state index is 12.4. The predicted octanol–water partition coefficient (Wildman–Crippen LogP) is 2.13. The van der Waals surface area contributed by atoms with Crippen molar-refractivity contribution in [2.24, 2.45) is 5.92 Å². The highest BCUT2D eigenvalue weighted by Crippen LogP contribution is 2.25. The van der Waals surface area contributed by atoms with Crippen molar-refractivity contribution in [1.29, 1.82) is 0 Å². The van der Waals surface area contributed by atoms with Crippen LogP contribution >= 0.6 is 0 Å². The summed E-state index contributed by atoms with van der Waals surface area (Å²) in [5.74, 6) is -2.61. The molecule has 1 aromatic rings. The summed E-state index contributed by atoms with van der Waals surface area (Å²) in [5, 5.41) is 2.59. The van der Waals surface area contributed by atoms with Crippen molar-refractivity contribution in [3.63, 3.8) is 0 Å². The number of aryl methyl sites for hydroxylation is 1. The molecular weight excluding hydrogens is 341 g/mol. The van der Waals surface area contributed by atoms with Crippen LogP contribution in [-0.4, -0.2) is 49.1 Å². The summed E-state index contributed by atoms with van der Waals surface area (Å²) in [6, 6.07) is 4.49. The zero-order valence-corrected chi connectivity index (χ0v) is 13.6. The number of nitrogens with one attached hydrogen (secondary N) is 1. The molecule has 25 heavy (non-hydrogen) atoms. The lowest BCUT2D eigenvalue weighted by Crippen LogP contribution is -2.36. The Bertz CT molecular complexity index is 703. The Morgan fingerprint density at radius 2 is 2.04 bits per heavy atom. The number of hydrogen-bond acceptors (Lipinski definition) is 4. The lowest BCUT2D eigenvalue weighted by molar-refractivity contribution is -0.157. The van der Waals surface area contributed by atoms with E-state index in [0.717, 1.165) is 0 Å². The summed E-state index contributed by atoms with van der Waals surface area (Å²) in [7, 11) is 1.25. The summed E-state index contributed by atoms with van der Waals surface area (Å²) in [6.07, 6.45) is -4.76. The summed E-state index contributed by atoms with van der Waals surface area (Å²) < 4.78 is 41.8. The number of carbonyl (C=O) groups is 3. The Morgan fingerprint density at radius 1 is 1.36 bits per heavy atom. The van der Waals surface area contributed by atoms with E-state index in [9.17, 15) is 27.6 Å². The molecule has 1 aliphatic heterocycles. The van der Waals surface area contributed by atoms with Gasteiger partial charge in [0.05, 0.1) is 18.6 Å². The number of nitrogens with zero attached hydrogens (tertiary/aromatic N) is 1. The lowest BCUT2D eigenvalue weighted by atomic mass is 10.1. The van der Waals surface area contributed by atoms with Crippen LogP contribution in [0.15, 0.2) is 18.2 Å². The molecule has 0 aromatic heterocycles. The van der Waals surface area contributed by atoms with Crippen LogP contribution in [0.4, 0.5) is 18.9 Å². The molecule has 1 saturated heterocycles. The zero-order valence-electron chi connectivity index (χ0n) is 13.6. The van der Waals surface area contributed by atoms with Crippen LogP contribution < -0.4 is 5.32 Å². The second-order valence-electron chi connectivity index (χ2n) is 5.80. The fourth-order valence-corrected chi connectivity index (χ4v) is 2.60. The first-order valence-electron chi connectivity index (χ1n) is 7.45. The number of alkyl halides is 3. The third kappa shape index (κ3) is 4.71. The first-order valence-corrected chi connectivity index (χ1v) is 7.45. The molecule has 9 heteroatoms. The van der Waals surface area contributed by atoms with E-state index < -0.39 is 36.4 Å². The molecule has 1 fully saturated rings.